The van der Waals surface area contributed by atoms with Gasteiger partial charge in [-0.25, -0.2) is 0 Å². The summed E-state index contributed by atoms with van der Waals surface area (Å²) in [7, 11) is 0. The third-order valence-electron chi connectivity index (χ3n) is 6.87. The van der Waals surface area contributed by atoms with Crippen molar-refractivity contribution in [2.75, 3.05) is 0 Å². The molecular formula is C38H26O4. The van der Waals surface area contributed by atoms with Gasteiger partial charge in [0, 0.05) is 16.2 Å². The lowest BCUT2D eigenvalue weighted by Gasteiger charge is -2.21. The molecule has 0 aliphatic heterocycles. The minimum Gasteiger partial charge on any atom is -0.456 e. The number of hydrogen-bond donors (Lipinski definition) is 0. The molecule has 0 fully saturated rings. The van der Waals surface area contributed by atoms with E-state index in [1.54, 1.807) is 0 Å². The summed E-state index contributed by atoms with van der Waals surface area (Å²) >= 11 is 0. The molecule has 0 aliphatic rings. The van der Waals surface area contributed by atoms with Crippen molar-refractivity contribution >= 4 is 21.5 Å². The number of hydrogen-bond acceptors (Lipinski definition) is 4. The van der Waals surface area contributed by atoms with Crippen LogP contribution in [-0.2, 0) is 0 Å². The summed E-state index contributed by atoms with van der Waals surface area (Å²) < 4.78 is 26.4. The quantitative estimate of drug-likeness (QED) is 0.178. The number of fused-ring (bicyclic) bond motifs is 2. The zero-order chi connectivity index (χ0) is 28.1. The van der Waals surface area contributed by atoms with E-state index in [-0.39, 0.29) is 0 Å². The summed E-state index contributed by atoms with van der Waals surface area (Å²) in [5.41, 5.74) is 0. The highest BCUT2D eigenvalue weighted by Gasteiger charge is 2.24. The second kappa shape index (κ2) is 11.4. The third kappa shape index (κ3) is 5.09. The molecule has 4 heteroatoms. The Bertz CT molecular complexity index is 1960. The zero-order valence-electron chi connectivity index (χ0n) is 22.6. The number of benzene rings is 7. The molecule has 0 radical (unpaired) electrons. The molecule has 0 spiro atoms. The van der Waals surface area contributed by atoms with E-state index in [1.807, 2.05) is 152 Å². The highest BCUT2D eigenvalue weighted by molar-refractivity contribution is 6.14. The van der Waals surface area contributed by atoms with Crippen LogP contribution in [0.25, 0.3) is 21.5 Å². The van der Waals surface area contributed by atoms with Gasteiger partial charge in [-0.3, -0.25) is 0 Å². The minimum absolute atomic E-state index is 0.525. The van der Waals surface area contributed by atoms with Gasteiger partial charge in [-0.2, -0.15) is 0 Å². The van der Waals surface area contributed by atoms with Gasteiger partial charge in [0.05, 0.1) is 5.39 Å². The average molecular weight is 547 g/mol. The van der Waals surface area contributed by atoms with Crippen molar-refractivity contribution < 1.29 is 18.9 Å². The Labute approximate surface area is 243 Å². The largest absolute Gasteiger partial charge is 0.456 e. The Morgan fingerprint density at radius 2 is 0.643 bits per heavy atom. The normalized spacial score (nSPS) is 10.9. The summed E-state index contributed by atoms with van der Waals surface area (Å²) in [5.74, 6) is 5.24. The predicted octanol–water partition coefficient (Wildman–Crippen LogP) is 11.2. The highest BCUT2D eigenvalue weighted by atomic mass is 16.5. The Balaban J connectivity index is 1.55. The number of para-hydroxylation sites is 4. The molecule has 0 heterocycles. The molecule has 4 nitrogen and oxygen atoms in total. The van der Waals surface area contributed by atoms with Crippen LogP contribution in [0.5, 0.6) is 46.0 Å². The Morgan fingerprint density at radius 1 is 0.262 bits per heavy atom. The van der Waals surface area contributed by atoms with E-state index in [0.717, 1.165) is 27.3 Å². The fraction of sp³-hybridized carbons (Fsp3) is 0. The molecule has 0 unspecified atom stereocenters. The van der Waals surface area contributed by atoms with Crippen LogP contribution in [0, 0.1) is 0 Å². The van der Waals surface area contributed by atoms with Crippen LogP contribution in [0.3, 0.4) is 0 Å². The Morgan fingerprint density at radius 3 is 1.14 bits per heavy atom. The van der Waals surface area contributed by atoms with E-state index >= 15 is 0 Å². The van der Waals surface area contributed by atoms with E-state index in [0.29, 0.717) is 40.2 Å². The molecule has 0 N–H and O–H groups in total. The van der Waals surface area contributed by atoms with Gasteiger partial charge >= 0.3 is 0 Å². The van der Waals surface area contributed by atoms with Gasteiger partial charge < -0.3 is 18.9 Å². The molecule has 0 atom stereocenters. The summed E-state index contributed by atoms with van der Waals surface area (Å²) in [5, 5.41) is 3.37. The van der Waals surface area contributed by atoms with Gasteiger partial charge in [0.1, 0.15) is 34.5 Å². The van der Waals surface area contributed by atoms with Crippen molar-refractivity contribution in [1.29, 1.82) is 0 Å². The smallest absolute Gasteiger partial charge is 0.181 e. The predicted molar refractivity (Wildman–Crippen MR) is 168 cm³/mol. The van der Waals surface area contributed by atoms with Crippen molar-refractivity contribution in [3.05, 3.63) is 158 Å². The number of rotatable bonds is 8. The van der Waals surface area contributed by atoms with Crippen molar-refractivity contribution in [2.24, 2.45) is 0 Å². The first kappa shape index (κ1) is 25.2. The fourth-order valence-corrected chi connectivity index (χ4v) is 4.97. The average Bonchev–Trinajstić information content (AvgIpc) is 3.05. The lowest BCUT2D eigenvalue weighted by Crippen LogP contribution is -1.97. The van der Waals surface area contributed by atoms with E-state index in [9.17, 15) is 0 Å². The SMILES string of the molecule is c1ccc(Oc2ccc3c(Oc4ccccc4)c4ccccc4c(Oc4ccccc4)c3c2Oc2ccccc2)cc1. The molecule has 42 heavy (non-hydrogen) atoms. The van der Waals surface area contributed by atoms with Crippen LogP contribution in [0.2, 0.25) is 0 Å². The molecule has 7 aromatic carbocycles. The molecule has 0 saturated carbocycles. The number of ether oxygens (including phenoxy) is 4. The van der Waals surface area contributed by atoms with Gasteiger partial charge in [-0.15, -0.1) is 0 Å². The minimum atomic E-state index is 0.525. The van der Waals surface area contributed by atoms with Gasteiger partial charge in [0.2, 0.25) is 0 Å². The van der Waals surface area contributed by atoms with Gasteiger partial charge in [-0.1, -0.05) is 97.1 Å². The third-order valence-corrected chi connectivity index (χ3v) is 6.87. The molecule has 0 bridgehead atoms. The first-order valence-electron chi connectivity index (χ1n) is 13.8. The topological polar surface area (TPSA) is 36.9 Å². The molecule has 0 aliphatic carbocycles. The Kier molecular flexibility index (Phi) is 6.85. The zero-order valence-corrected chi connectivity index (χ0v) is 22.6. The molecule has 202 valence electrons. The van der Waals surface area contributed by atoms with Crippen LogP contribution >= 0.6 is 0 Å². The van der Waals surface area contributed by atoms with E-state index in [2.05, 4.69) is 6.07 Å². The van der Waals surface area contributed by atoms with Gasteiger partial charge in [0.15, 0.2) is 11.5 Å². The van der Waals surface area contributed by atoms with Crippen molar-refractivity contribution in [1.82, 2.24) is 0 Å². The maximum absolute atomic E-state index is 6.70. The lowest BCUT2D eigenvalue weighted by atomic mass is 9.99. The first-order chi connectivity index (χ1) is 20.8. The maximum atomic E-state index is 6.70. The maximum Gasteiger partial charge on any atom is 0.181 e. The van der Waals surface area contributed by atoms with Crippen LogP contribution in [-0.4, -0.2) is 0 Å². The molecule has 0 saturated heterocycles. The summed E-state index contributed by atoms with van der Waals surface area (Å²) in [6.45, 7) is 0. The molecule has 7 rings (SSSR count). The highest BCUT2D eigenvalue weighted by Crippen LogP contribution is 2.52. The van der Waals surface area contributed by atoms with E-state index < -0.39 is 0 Å². The molecule has 7 aromatic rings. The van der Waals surface area contributed by atoms with E-state index in [1.165, 1.54) is 0 Å². The van der Waals surface area contributed by atoms with Crippen molar-refractivity contribution in [3.8, 4) is 46.0 Å². The Hall–Kier alpha value is -5.74. The van der Waals surface area contributed by atoms with Gasteiger partial charge in [0.25, 0.3) is 0 Å². The summed E-state index contributed by atoms with van der Waals surface area (Å²) in [6.07, 6.45) is 0. The second-order valence-corrected chi connectivity index (χ2v) is 9.68. The second-order valence-electron chi connectivity index (χ2n) is 9.68. The van der Waals surface area contributed by atoms with Crippen molar-refractivity contribution in [2.45, 2.75) is 0 Å². The van der Waals surface area contributed by atoms with Gasteiger partial charge in [-0.05, 0) is 60.7 Å². The molecule has 0 aromatic heterocycles. The van der Waals surface area contributed by atoms with E-state index in [4.69, 9.17) is 18.9 Å². The standard InChI is InChI=1S/C38H26O4/c1-5-15-27(16-6-1)39-34-26-25-33-35(38(34)42-30-21-11-4-12-22-30)37(41-29-19-9-3-10-20-29)32-24-14-13-23-31(32)36(33)40-28-17-7-2-8-18-28/h1-26H. The molecule has 0 amide bonds. The first-order valence-corrected chi connectivity index (χ1v) is 13.8. The lowest BCUT2D eigenvalue weighted by molar-refractivity contribution is 0.420. The summed E-state index contributed by atoms with van der Waals surface area (Å²) in [6, 6.07) is 51.0. The van der Waals surface area contributed by atoms with Crippen LogP contribution in [0.15, 0.2) is 158 Å². The molecular weight excluding hydrogens is 520 g/mol. The van der Waals surface area contributed by atoms with Crippen LogP contribution < -0.4 is 18.9 Å². The van der Waals surface area contributed by atoms with Crippen LogP contribution in [0.4, 0.5) is 0 Å². The summed E-state index contributed by atoms with van der Waals surface area (Å²) in [4.78, 5) is 0. The monoisotopic (exact) mass is 546 g/mol. The van der Waals surface area contributed by atoms with Crippen molar-refractivity contribution in [3.63, 3.8) is 0 Å². The fourth-order valence-electron chi connectivity index (χ4n) is 4.97. The van der Waals surface area contributed by atoms with Crippen LogP contribution in [0.1, 0.15) is 0 Å².